The van der Waals surface area contributed by atoms with Gasteiger partial charge < -0.3 is 10.1 Å². The number of fused-ring (bicyclic) bond motifs is 1. The average molecular weight is 466 g/mol. The Balaban J connectivity index is 1.46. The van der Waals surface area contributed by atoms with Crippen molar-refractivity contribution < 1.29 is 19.1 Å². The van der Waals surface area contributed by atoms with Crippen LogP contribution in [0.3, 0.4) is 0 Å². The number of amides is 2. The minimum absolute atomic E-state index is 0.241. The first-order valence-corrected chi connectivity index (χ1v) is 11.0. The van der Waals surface area contributed by atoms with Crippen LogP contribution in [0.5, 0.6) is 5.75 Å². The molecule has 7 nitrogen and oxygen atoms in total. The summed E-state index contributed by atoms with van der Waals surface area (Å²) in [7, 11) is 0. The Hall–Kier alpha value is -4.78. The van der Waals surface area contributed by atoms with E-state index in [0.29, 0.717) is 22.4 Å². The molecule has 4 rings (SSSR count). The Labute approximate surface area is 202 Å². The number of carbonyl (C=O) groups is 3. The summed E-state index contributed by atoms with van der Waals surface area (Å²) in [5.74, 6) is -1.04. The number of nitrogens with one attached hydrogen (secondary N) is 2. The molecule has 4 aromatic carbocycles. The fourth-order valence-electron chi connectivity index (χ4n) is 3.41. The molecule has 0 radical (unpaired) electrons. The maximum absolute atomic E-state index is 12.6. The standard InChI is InChI=1S/C28H23N3O4/c1-19-11-13-21(14-12-19)27(33)29-18-26(32)31-30-17-24-23-10-6-5-7-20(23)15-16-25(24)35-28(34)22-8-3-2-4-9-22/h2-17H,18H2,1H3,(H,29,33)(H,31,32). The molecule has 0 spiro atoms. The summed E-state index contributed by atoms with van der Waals surface area (Å²) in [5.41, 5.74) is 4.86. The van der Waals surface area contributed by atoms with E-state index in [1.807, 2.05) is 55.5 Å². The van der Waals surface area contributed by atoms with Crippen molar-refractivity contribution in [1.29, 1.82) is 0 Å². The molecular formula is C28H23N3O4. The Morgan fingerprint density at radius 2 is 1.54 bits per heavy atom. The van der Waals surface area contributed by atoms with Crippen molar-refractivity contribution in [2.75, 3.05) is 6.54 Å². The number of carbonyl (C=O) groups excluding carboxylic acids is 3. The number of rotatable bonds is 7. The van der Waals surface area contributed by atoms with Gasteiger partial charge in [0.05, 0.1) is 18.3 Å². The molecule has 0 unspecified atom stereocenters. The number of ether oxygens (including phenoxy) is 1. The SMILES string of the molecule is Cc1ccc(C(=O)NCC(=O)NN=Cc2c(OC(=O)c3ccccc3)ccc3ccccc23)cc1. The number of hydrazone groups is 1. The first kappa shape index (κ1) is 23.4. The van der Waals surface area contributed by atoms with Crippen molar-refractivity contribution in [1.82, 2.24) is 10.7 Å². The van der Waals surface area contributed by atoms with Crippen molar-refractivity contribution >= 4 is 34.8 Å². The molecule has 174 valence electrons. The zero-order valence-corrected chi connectivity index (χ0v) is 19.0. The highest BCUT2D eigenvalue weighted by atomic mass is 16.5. The highest BCUT2D eigenvalue weighted by molar-refractivity contribution is 6.04. The van der Waals surface area contributed by atoms with Gasteiger partial charge in [0.25, 0.3) is 11.8 Å². The molecule has 4 aromatic rings. The van der Waals surface area contributed by atoms with Gasteiger partial charge in [-0.25, -0.2) is 10.2 Å². The van der Waals surface area contributed by atoms with Gasteiger partial charge in [0.15, 0.2) is 0 Å². The van der Waals surface area contributed by atoms with Crippen LogP contribution in [0.15, 0.2) is 96.1 Å². The molecule has 0 aliphatic carbocycles. The lowest BCUT2D eigenvalue weighted by Crippen LogP contribution is -2.34. The number of esters is 1. The van der Waals surface area contributed by atoms with E-state index < -0.39 is 11.9 Å². The van der Waals surface area contributed by atoms with E-state index >= 15 is 0 Å². The monoisotopic (exact) mass is 465 g/mol. The number of aryl methyl sites for hydroxylation is 1. The van der Waals surface area contributed by atoms with Crippen LogP contribution >= 0.6 is 0 Å². The normalized spacial score (nSPS) is 10.8. The van der Waals surface area contributed by atoms with E-state index in [1.165, 1.54) is 6.21 Å². The lowest BCUT2D eigenvalue weighted by molar-refractivity contribution is -0.120. The van der Waals surface area contributed by atoms with E-state index in [4.69, 9.17) is 4.74 Å². The van der Waals surface area contributed by atoms with Crippen LogP contribution in [0.4, 0.5) is 0 Å². The van der Waals surface area contributed by atoms with Crippen LogP contribution in [0.25, 0.3) is 10.8 Å². The fraction of sp³-hybridized carbons (Fsp3) is 0.0714. The molecular weight excluding hydrogens is 442 g/mol. The summed E-state index contributed by atoms with van der Waals surface area (Å²) in [6.07, 6.45) is 1.43. The van der Waals surface area contributed by atoms with Crippen LogP contribution in [0.2, 0.25) is 0 Å². The highest BCUT2D eigenvalue weighted by Crippen LogP contribution is 2.27. The first-order chi connectivity index (χ1) is 17.0. The summed E-state index contributed by atoms with van der Waals surface area (Å²) in [4.78, 5) is 37.0. The summed E-state index contributed by atoms with van der Waals surface area (Å²) in [6, 6.07) is 26.8. The van der Waals surface area contributed by atoms with Gasteiger partial charge >= 0.3 is 5.97 Å². The molecule has 0 bridgehead atoms. The van der Waals surface area contributed by atoms with Gasteiger partial charge in [-0.2, -0.15) is 5.10 Å². The summed E-state index contributed by atoms with van der Waals surface area (Å²) in [6.45, 7) is 1.69. The molecule has 0 atom stereocenters. The van der Waals surface area contributed by atoms with E-state index in [-0.39, 0.29) is 12.5 Å². The lowest BCUT2D eigenvalue weighted by Gasteiger charge is -2.10. The van der Waals surface area contributed by atoms with Crippen molar-refractivity contribution in [3.63, 3.8) is 0 Å². The average Bonchev–Trinajstić information content (AvgIpc) is 2.89. The van der Waals surface area contributed by atoms with Gasteiger partial charge in [-0.15, -0.1) is 0 Å². The summed E-state index contributed by atoms with van der Waals surface area (Å²) in [5, 5.41) is 8.31. The number of benzene rings is 4. The number of nitrogens with zero attached hydrogens (tertiary/aromatic N) is 1. The number of hydrogen-bond donors (Lipinski definition) is 2. The molecule has 0 heterocycles. The van der Waals surface area contributed by atoms with Crippen LogP contribution in [0, 0.1) is 6.92 Å². The second-order valence-corrected chi connectivity index (χ2v) is 7.80. The van der Waals surface area contributed by atoms with Crippen LogP contribution in [-0.4, -0.2) is 30.5 Å². The van der Waals surface area contributed by atoms with E-state index in [2.05, 4.69) is 15.8 Å². The predicted octanol–water partition coefficient (Wildman–Crippen LogP) is 4.25. The minimum Gasteiger partial charge on any atom is -0.422 e. The fourth-order valence-corrected chi connectivity index (χ4v) is 3.41. The molecule has 0 aromatic heterocycles. The second-order valence-electron chi connectivity index (χ2n) is 7.80. The quantitative estimate of drug-likeness (QED) is 0.185. The molecule has 0 aliphatic heterocycles. The third-order valence-electron chi connectivity index (χ3n) is 5.25. The van der Waals surface area contributed by atoms with Gasteiger partial charge in [-0.1, -0.05) is 66.2 Å². The van der Waals surface area contributed by atoms with E-state index in [1.54, 1.807) is 42.5 Å². The van der Waals surface area contributed by atoms with E-state index in [9.17, 15) is 14.4 Å². The van der Waals surface area contributed by atoms with Crippen molar-refractivity contribution in [2.24, 2.45) is 5.10 Å². The maximum atomic E-state index is 12.6. The van der Waals surface area contributed by atoms with Crippen molar-refractivity contribution in [3.8, 4) is 5.75 Å². The maximum Gasteiger partial charge on any atom is 0.343 e. The Morgan fingerprint density at radius 3 is 2.31 bits per heavy atom. The smallest absolute Gasteiger partial charge is 0.343 e. The number of hydrogen-bond acceptors (Lipinski definition) is 5. The molecule has 2 N–H and O–H groups in total. The summed E-state index contributed by atoms with van der Waals surface area (Å²) < 4.78 is 5.63. The molecule has 0 fully saturated rings. The molecule has 0 aliphatic rings. The summed E-state index contributed by atoms with van der Waals surface area (Å²) >= 11 is 0. The van der Waals surface area contributed by atoms with Gasteiger partial charge in [-0.05, 0) is 48.0 Å². The van der Waals surface area contributed by atoms with Gasteiger partial charge in [0.2, 0.25) is 0 Å². The predicted molar refractivity (Wildman–Crippen MR) is 135 cm³/mol. The molecule has 0 saturated heterocycles. The largest absolute Gasteiger partial charge is 0.422 e. The molecule has 7 heteroatoms. The Bertz CT molecular complexity index is 1400. The molecule has 35 heavy (non-hydrogen) atoms. The first-order valence-electron chi connectivity index (χ1n) is 11.0. The van der Waals surface area contributed by atoms with Crippen molar-refractivity contribution in [2.45, 2.75) is 6.92 Å². The van der Waals surface area contributed by atoms with Gasteiger partial charge in [0.1, 0.15) is 5.75 Å². The Kier molecular flexibility index (Phi) is 7.28. The van der Waals surface area contributed by atoms with Crippen LogP contribution < -0.4 is 15.5 Å². The zero-order chi connectivity index (χ0) is 24.6. The van der Waals surface area contributed by atoms with Crippen molar-refractivity contribution in [3.05, 3.63) is 113 Å². The second kappa shape index (κ2) is 10.9. The van der Waals surface area contributed by atoms with Gasteiger partial charge in [-0.3, -0.25) is 9.59 Å². The van der Waals surface area contributed by atoms with Gasteiger partial charge in [0, 0.05) is 11.1 Å². The lowest BCUT2D eigenvalue weighted by atomic mass is 10.0. The van der Waals surface area contributed by atoms with E-state index in [0.717, 1.165) is 16.3 Å². The zero-order valence-electron chi connectivity index (χ0n) is 19.0. The molecule has 0 saturated carbocycles. The highest BCUT2D eigenvalue weighted by Gasteiger charge is 2.13. The van der Waals surface area contributed by atoms with Crippen LogP contribution in [-0.2, 0) is 4.79 Å². The third-order valence-corrected chi connectivity index (χ3v) is 5.25. The third kappa shape index (κ3) is 5.97. The Morgan fingerprint density at radius 1 is 0.829 bits per heavy atom. The minimum atomic E-state index is -0.501. The topological polar surface area (TPSA) is 96.9 Å². The molecule has 2 amide bonds. The van der Waals surface area contributed by atoms with Crippen LogP contribution in [0.1, 0.15) is 31.8 Å².